The molecule has 4 nitrogen and oxygen atoms in total. The van der Waals surface area contributed by atoms with Crippen molar-refractivity contribution in [2.75, 3.05) is 36.1 Å². The van der Waals surface area contributed by atoms with Gasteiger partial charge in [0.15, 0.2) is 0 Å². The van der Waals surface area contributed by atoms with E-state index in [9.17, 15) is 0 Å². The zero-order chi connectivity index (χ0) is 13.2. The molecule has 2 aromatic rings. The second-order valence-corrected chi connectivity index (χ2v) is 6.91. The van der Waals surface area contributed by atoms with Crippen LogP contribution in [0.2, 0.25) is 0 Å². The second kappa shape index (κ2) is 5.54. The van der Waals surface area contributed by atoms with E-state index < -0.39 is 0 Å². The third-order valence-corrected chi connectivity index (χ3v) is 5.60. The van der Waals surface area contributed by atoms with Crippen molar-refractivity contribution in [1.82, 2.24) is 9.97 Å². The molecule has 0 bridgehead atoms. The van der Waals surface area contributed by atoms with Gasteiger partial charge in [0.2, 0.25) is 5.95 Å². The predicted octanol–water partition coefficient (Wildman–Crippen LogP) is 3.06. The third kappa shape index (κ3) is 2.51. The predicted molar refractivity (Wildman–Crippen MR) is 85.7 cm³/mol. The lowest BCUT2D eigenvalue weighted by Gasteiger charge is -2.33. The van der Waals surface area contributed by atoms with E-state index in [4.69, 9.17) is 0 Å². The first-order valence-electron chi connectivity index (χ1n) is 6.61. The molecular weight excluding hydrogens is 276 g/mol. The van der Waals surface area contributed by atoms with Crippen molar-refractivity contribution in [1.29, 1.82) is 0 Å². The van der Waals surface area contributed by atoms with E-state index in [0.717, 1.165) is 34.9 Å². The maximum absolute atomic E-state index is 4.69. The van der Waals surface area contributed by atoms with Gasteiger partial charge in [0.05, 0.1) is 5.39 Å². The molecule has 3 heterocycles. The second-order valence-electron chi connectivity index (χ2n) is 4.61. The number of anilines is 2. The van der Waals surface area contributed by atoms with Crippen LogP contribution in [0.25, 0.3) is 10.2 Å². The van der Waals surface area contributed by atoms with Crippen LogP contribution in [0.5, 0.6) is 0 Å². The van der Waals surface area contributed by atoms with E-state index in [1.165, 1.54) is 17.6 Å². The van der Waals surface area contributed by atoms with Gasteiger partial charge in [0.1, 0.15) is 10.6 Å². The maximum atomic E-state index is 4.69. The zero-order valence-corrected chi connectivity index (χ0v) is 12.9. The van der Waals surface area contributed by atoms with Crippen LogP contribution in [0.4, 0.5) is 11.8 Å². The minimum absolute atomic E-state index is 0.718. The van der Waals surface area contributed by atoms with Gasteiger partial charge in [-0.1, -0.05) is 6.92 Å². The molecule has 0 saturated carbocycles. The Hall–Kier alpha value is -1.01. The van der Waals surface area contributed by atoms with Gasteiger partial charge in [0, 0.05) is 31.1 Å². The third-order valence-electron chi connectivity index (χ3n) is 3.42. The Morgan fingerprint density at radius 2 is 2.37 bits per heavy atom. The van der Waals surface area contributed by atoms with E-state index in [1.807, 2.05) is 7.05 Å². The van der Waals surface area contributed by atoms with E-state index in [-0.39, 0.29) is 0 Å². The largest absolute Gasteiger partial charge is 0.357 e. The van der Waals surface area contributed by atoms with E-state index in [1.54, 1.807) is 11.3 Å². The average molecular weight is 294 g/mol. The molecule has 1 N–H and O–H groups in total. The van der Waals surface area contributed by atoms with Gasteiger partial charge in [0.25, 0.3) is 0 Å². The van der Waals surface area contributed by atoms with Gasteiger partial charge in [-0.2, -0.15) is 16.7 Å². The van der Waals surface area contributed by atoms with Gasteiger partial charge < -0.3 is 10.2 Å². The number of rotatable bonds is 3. The Balaban J connectivity index is 2.00. The number of fused-ring (bicyclic) bond motifs is 1. The number of nitrogens with zero attached hydrogens (tertiary/aromatic N) is 3. The quantitative estimate of drug-likeness (QED) is 0.942. The summed E-state index contributed by atoms with van der Waals surface area (Å²) in [5, 5.41) is 7.07. The Morgan fingerprint density at radius 1 is 1.47 bits per heavy atom. The average Bonchev–Trinajstić information content (AvgIpc) is 2.94. The van der Waals surface area contributed by atoms with Crippen molar-refractivity contribution in [2.24, 2.45) is 0 Å². The topological polar surface area (TPSA) is 41.1 Å². The van der Waals surface area contributed by atoms with Crippen molar-refractivity contribution in [3.63, 3.8) is 0 Å². The lowest BCUT2D eigenvalue weighted by Crippen LogP contribution is -2.38. The van der Waals surface area contributed by atoms with Crippen molar-refractivity contribution >= 4 is 45.1 Å². The lowest BCUT2D eigenvalue weighted by atomic mass is 10.2. The first kappa shape index (κ1) is 13.0. The lowest BCUT2D eigenvalue weighted by molar-refractivity contribution is 0.722. The molecule has 1 unspecified atom stereocenters. The van der Waals surface area contributed by atoms with Crippen molar-refractivity contribution < 1.29 is 0 Å². The molecule has 1 aliphatic rings. The van der Waals surface area contributed by atoms with E-state index >= 15 is 0 Å². The molecule has 0 aromatic carbocycles. The monoisotopic (exact) mass is 294 g/mol. The van der Waals surface area contributed by atoms with Crippen LogP contribution in [-0.2, 0) is 0 Å². The summed E-state index contributed by atoms with van der Waals surface area (Å²) < 4.78 is 0. The van der Waals surface area contributed by atoms with Gasteiger partial charge in [-0.25, -0.2) is 4.98 Å². The number of thiophene rings is 1. The van der Waals surface area contributed by atoms with Crippen LogP contribution in [0, 0.1) is 0 Å². The Kier molecular flexibility index (Phi) is 3.79. The summed E-state index contributed by atoms with van der Waals surface area (Å²) in [6.45, 7) is 4.43. The Morgan fingerprint density at radius 3 is 3.16 bits per heavy atom. The molecule has 0 radical (unpaired) electrons. The summed E-state index contributed by atoms with van der Waals surface area (Å²) in [5.74, 6) is 2.99. The van der Waals surface area contributed by atoms with Crippen LogP contribution in [0.1, 0.15) is 13.3 Å². The number of nitrogens with one attached hydrogen (secondary N) is 1. The molecule has 0 spiro atoms. The van der Waals surface area contributed by atoms with Gasteiger partial charge >= 0.3 is 0 Å². The van der Waals surface area contributed by atoms with Gasteiger partial charge in [-0.05, 0) is 17.9 Å². The SMILES string of the molecule is CCC1CN(c2nc(NC)nc3sccc23)CCS1. The normalized spacial score (nSPS) is 19.9. The molecule has 6 heteroatoms. The summed E-state index contributed by atoms with van der Waals surface area (Å²) in [6, 6.07) is 2.14. The summed E-state index contributed by atoms with van der Waals surface area (Å²) in [6.07, 6.45) is 1.22. The van der Waals surface area contributed by atoms with Gasteiger partial charge in [-0.15, -0.1) is 11.3 Å². The van der Waals surface area contributed by atoms with Crippen molar-refractivity contribution in [3.8, 4) is 0 Å². The first-order valence-corrected chi connectivity index (χ1v) is 8.54. The number of thioether (sulfide) groups is 1. The van der Waals surface area contributed by atoms with Crippen LogP contribution in [0.3, 0.4) is 0 Å². The van der Waals surface area contributed by atoms with E-state index in [0.29, 0.717) is 0 Å². The van der Waals surface area contributed by atoms with Gasteiger partial charge in [-0.3, -0.25) is 0 Å². The molecule has 102 valence electrons. The molecular formula is C13H18N4S2. The van der Waals surface area contributed by atoms with Crippen LogP contribution >= 0.6 is 23.1 Å². The number of hydrogen-bond acceptors (Lipinski definition) is 6. The summed E-state index contributed by atoms with van der Waals surface area (Å²) >= 11 is 3.76. The Bertz CT molecular complexity index is 569. The highest BCUT2D eigenvalue weighted by Crippen LogP contribution is 2.32. The molecule has 2 aromatic heterocycles. The Labute approximate surface area is 121 Å². The smallest absolute Gasteiger partial charge is 0.225 e. The molecule has 19 heavy (non-hydrogen) atoms. The maximum Gasteiger partial charge on any atom is 0.225 e. The number of hydrogen-bond donors (Lipinski definition) is 1. The number of aromatic nitrogens is 2. The first-order chi connectivity index (χ1) is 9.31. The zero-order valence-electron chi connectivity index (χ0n) is 11.2. The highest BCUT2D eigenvalue weighted by molar-refractivity contribution is 8.00. The fourth-order valence-corrected chi connectivity index (χ4v) is 4.29. The molecule has 1 saturated heterocycles. The fraction of sp³-hybridized carbons (Fsp3) is 0.538. The van der Waals surface area contributed by atoms with Crippen LogP contribution in [-0.4, -0.2) is 41.1 Å². The summed E-state index contributed by atoms with van der Waals surface area (Å²) in [7, 11) is 1.87. The molecule has 1 fully saturated rings. The highest BCUT2D eigenvalue weighted by Gasteiger charge is 2.22. The molecule has 3 rings (SSSR count). The molecule has 0 aliphatic carbocycles. The van der Waals surface area contributed by atoms with Crippen LogP contribution < -0.4 is 10.2 Å². The summed E-state index contributed by atoms with van der Waals surface area (Å²) in [5.41, 5.74) is 0. The summed E-state index contributed by atoms with van der Waals surface area (Å²) in [4.78, 5) is 12.7. The minimum atomic E-state index is 0.718. The van der Waals surface area contributed by atoms with E-state index in [2.05, 4.69) is 50.3 Å². The van der Waals surface area contributed by atoms with Crippen molar-refractivity contribution in [2.45, 2.75) is 18.6 Å². The van der Waals surface area contributed by atoms with Crippen LogP contribution in [0.15, 0.2) is 11.4 Å². The highest BCUT2D eigenvalue weighted by atomic mass is 32.2. The fourth-order valence-electron chi connectivity index (χ4n) is 2.35. The van der Waals surface area contributed by atoms with Crippen molar-refractivity contribution in [3.05, 3.63) is 11.4 Å². The molecule has 1 aliphatic heterocycles. The standard InChI is InChI=1S/C13H18N4S2/c1-3-9-8-17(5-7-18-9)11-10-4-6-19-12(10)16-13(14-2)15-11/h4,6,9H,3,5,7-8H2,1-2H3,(H,14,15,16). The molecule has 1 atom stereocenters. The minimum Gasteiger partial charge on any atom is -0.357 e. The molecule has 0 amide bonds.